The molecule has 2 aromatic heterocycles. The number of anilines is 1. The average Bonchev–Trinajstić information content (AvgIpc) is 3.57. The predicted molar refractivity (Wildman–Crippen MR) is 148 cm³/mol. The van der Waals surface area contributed by atoms with Gasteiger partial charge in [-0.2, -0.15) is 5.10 Å². The highest BCUT2D eigenvalue weighted by Gasteiger charge is 2.33. The third-order valence-corrected chi connectivity index (χ3v) is 6.63. The number of nitrogens with one attached hydrogen (secondary N) is 2. The predicted octanol–water partition coefficient (Wildman–Crippen LogP) is 4.10. The van der Waals surface area contributed by atoms with Gasteiger partial charge in [-0.25, -0.2) is 4.98 Å². The number of hydrogen-bond donors (Lipinski definition) is 3. The molecule has 9 nitrogen and oxygen atoms in total. The maximum atomic E-state index is 13.9. The first-order valence-corrected chi connectivity index (χ1v) is 12.4. The van der Waals surface area contributed by atoms with Gasteiger partial charge in [-0.15, -0.1) is 0 Å². The Labute approximate surface area is 225 Å². The minimum Gasteiger partial charge on any atom is -0.507 e. The van der Waals surface area contributed by atoms with E-state index in [1.807, 2.05) is 67.7 Å². The van der Waals surface area contributed by atoms with Crippen LogP contribution in [0.3, 0.4) is 0 Å². The molecule has 3 N–H and O–H groups in total. The second-order valence-corrected chi connectivity index (χ2v) is 9.20. The Balaban J connectivity index is 1.51. The molecule has 3 aromatic carbocycles. The van der Waals surface area contributed by atoms with Gasteiger partial charge in [-0.1, -0.05) is 60.7 Å². The lowest BCUT2D eigenvalue weighted by atomic mass is 9.84. The number of phenolic OH excluding ortho intramolecular Hbond substituents is 1. The molecule has 0 spiro atoms. The number of aromatic hydroxyl groups is 1. The molecule has 0 unspecified atom stereocenters. The Morgan fingerprint density at radius 1 is 0.897 bits per heavy atom. The van der Waals surface area contributed by atoms with E-state index >= 15 is 0 Å². The lowest BCUT2D eigenvalue weighted by Gasteiger charge is -2.28. The smallest absolute Gasteiger partial charge is 0.270 e. The van der Waals surface area contributed by atoms with Crippen LogP contribution in [0.15, 0.2) is 104 Å². The molecular formula is C30H28N6O3. The molecule has 0 aliphatic heterocycles. The first-order chi connectivity index (χ1) is 18.9. The van der Waals surface area contributed by atoms with Crippen LogP contribution < -0.4 is 10.6 Å². The molecular weight excluding hydrogens is 492 g/mol. The Morgan fingerprint density at radius 2 is 1.56 bits per heavy atom. The summed E-state index contributed by atoms with van der Waals surface area (Å²) in [6.45, 7) is 0. The molecule has 1 atom stereocenters. The van der Waals surface area contributed by atoms with Crippen molar-refractivity contribution in [2.45, 2.75) is 12.0 Å². The van der Waals surface area contributed by atoms with Crippen LogP contribution in [0.1, 0.15) is 27.5 Å². The van der Waals surface area contributed by atoms with Gasteiger partial charge in [0.05, 0.1) is 18.2 Å². The van der Waals surface area contributed by atoms with Crippen molar-refractivity contribution in [2.75, 3.05) is 5.32 Å². The first-order valence-electron chi connectivity index (χ1n) is 12.4. The molecule has 0 saturated carbocycles. The number of aryl methyl sites for hydroxylation is 2. The topological polar surface area (TPSA) is 114 Å². The van der Waals surface area contributed by atoms with E-state index in [4.69, 9.17) is 0 Å². The summed E-state index contributed by atoms with van der Waals surface area (Å²) in [5.74, 6) is -1.36. The second-order valence-electron chi connectivity index (χ2n) is 9.20. The van der Waals surface area contributed by atoms with E-state index in [1.54, 1.807) is 42.3 Å². The highest BCUT2D eigenvalue weighted by Crippen LogP contribution is 2.33. The van der Waals surface area contributed by atoms with Crippen molar-refractivity contribution in [3.63, 3.8) is 0 Å². The summed E-state index contributed by atoms with van der Waals surface area (Å²) in [5.41, 5.74) is 3.77. The van der Waals surface area contributed by atoms with Gasteiger partial charge in [0.2, 0.25) is 5.91 Å². The SMILES string of the molecule is Cn1cncc1-c1ccc(NC(=O)[C@@H](NC(=O)c2ccnn2C)C(c2ccccc2)c2ccccc2)cc1O. The van der Waals surface area contributed by atoms with Crippen molar-refractivity contribution in [3.8, 4) is 17.0 Å². The number of phenols is 1. The van der Waals surface area contributed by atoms with Gasteiger partial charge in [-0.3, -0.25) is 14.3 Å². The summed E-state index contributed by atoms with van der Waals surface area (Å²) in [6.07, 6.45) is 4.83. The zero-order chi connectivity index (χ0) is 27.4. The summed E-state index contributed by atoms with van der Waals surface area (Å²) >= 11 is 0. The van der Waals surface area contributed by atoms with E-state index in [2.05, 4.69) is 20.7 Å². The lowest BCUT2D eigenvalue weighted by molar-refractivity contribution is -0.118. The molecule has 0 aliphatic rings. The standard InChI is InChI=1S/C30H28N6O3/c1-35-19-31-18-25(35)23-14-13-22(17-26(23)37)33-30(39)28(34-29(38)24-15-16-32-36(24)2)27(20-9-5-3-6-10-20)21-11-7-4-8-12-21/h3-19,27-28,37H,1-2H3,(H,33,39)(H,34,38)/t28-/m0/s1. The Morgan fingerprint density at radius 3 is 2.10 bits per heavy atom. The van der Waals surface area contributed by atoms with Crippen LogP contribution in [-0.4, -0.2) is 42.3 Å². The van der Waals surface area contributed by atoms with Crippen LogP contribution in [0.25, 0.3) is 11.3 Å². The maximum absolute atomic E-state index is 13.9. The second kappa shape index (κ2) is 11.1. The fourth-order valence-electron chi connectivity index (χ4n) is 4.67. The highest BCUT2D eigenvalue weighted by molar-refractivity contribution is 6.01. The number of imidazole rings is 1. The molecule has 0 saturated heterocycles. The van der Waals surface area contributed by atoms with Gasteiger partial charge in [0.15, 0.2) is 0 Å². The van der Waals surface area contributed by atoms with Crippen molar-refractivity contribution in [3.05, 3.63) is 120 Å². The van der Waals surface area contributed by atoms with Crippen molar-refractivity contribution in [1.82, 2.24) is 24.6 Å². The summed E-state index contributed by atoms with van der Waals surface area (Å²) in [7, 11) is 3.50. The number of carbonyl (C=O) groups excluding carboxylic acids is 2. The molecule has 0 fully saturated rings. The van der Waals surface area contributed by atoms with Crippen LogP contribution in [0.5, 0.6) is 5.75 Å². The number of nitrogens with zero attached hydrogens (tertiary/aromatic N) is 4. The fraction of sp³-hybridized carbons (Fsp3) is 0.133. The van der Waals surface area contributed by atoms with Crippen LogP contribution in [0.2, 0.25) is 0 Å². The van der Waals surface area contributed by atoms with E-state index in [0.717, 1.165) is 16.8 Å². The number of benzene rings is 3. The molecule has 5 aromatic rings. The molecule has 39 heavy (non-hydrogen) atoms. The maximum Gasteiger partial charge on any atom is 0.270 e. The summed E-state index contributed by atoms with van der Waals surface area (Å²) in [5, 5.41) is 20.7. The van der Waals surface area contributed by atoms with E-state index in [0.29, 0.717) is 16.9 Å². The summed E-state index contributed by atoms with van der Waals surface area (Å²) in [4.78, 5) is 31.3. The van der Waals surface area contributed by atoms with Crippen molar-refractivity contribution in [2.24, 2.45) is 14.1 Å². The minimum absolute atomic E-state index is 0.00506. The molecule has 196 valence electrons. The Hall–Kier alpha value is -5.18. The zero-order valence-electron chi connectivity index (χ0n) is 21.5. The third kappa shape index (κ3) is 5.42. The molecule has 9 heteroatoms. The summed E-state index contributed by atoms with van der Waals surface area (Å²) in [6, 6.07) is 24.7. The monoisotopic (exact) mass is 520 g/mol. The average molecular weight is 521 g/mol. The van der Waals surface area contributed by atoms with E-state index in [1.165, 1.54) is 16.9 Å². The van der Waals surface area contributed by atoms with E-state index in [9.17, 15) is 14.7 Å². The normalized spacial score (nSPS) is 11.8. The van der Waals surface area contributed by atoms with E-state index in [-0.39, 0.29) is 5.75 Å². The molecule has 2 heterocycles. The molecule has 2 amide bonds. The van der Waals surface area contributed by atoms with E-state index < -0.39 is 23.8 Å². The number of hydrogen-bond acceptors (Lipinski definition) is 5. The third-order valence-electron chi connectivity index (χ3n) is 6.63. The first kappa shape index (κ1) is 25.5. The van der Waals surface area contributed by atoms with Crippen molar-refractivity contribution < 1.29 is 14.7 Å². The van der Waals surface area contributed by atoms with Gasteiger partial charge in [-0.05, 0) is 29.3 Å². The molecule has 5 rings (SSSR count). The van der Waals surface area contributed by atoms with Crippen molar-refractivity contribution in [1.29, 1.82) is 0 Å². The Bertz CT molecular complexity index is 1550. The van der Waals surface area contributed by atoms with Crippen LogP contribution in [-0.2, 0) is 18.9 Å². The van der Waals surface area contributed by atoms with Gasteiger partial charge in [0.25, 0.3) is 5.91 Å². The van der Waals surface area contributed by atoms with Gasteiger partial charge in [0.1, 0.15) is 17.5 Å². The molecule has 0 aliphatic carbocycles. The molecule has 0 bridgehead atoms. The lowest BCUT2D eigenvalue weighted by Crippen LogP contribution is -2.48. The number of rotatable bonds is 8. The highest BCUT2D eigenvalue weighted by atomic mass is 16.3. The van der Waals surface area contributed by atoms with Crippen LogP contribution in [0, 0.1) is 0 Å². The number of aromatic nitrogens is 4. The van der Waals surface area contributed by atoms with Gasteiger partial charge >= 0.3 is 0 Å². The van der Waals surface area contributed by atoms with Crippen LogP contribution in [0.4, 0.5) is 5.69 Å². The minimum atomic E-state index is -0.990. The zero-order valence-corrected chi connectivity index (χ0v) is 21.5. The fourth-order valence-corrected chi connectivity index (χ4v) is 4.67. The van der Waals surface area contributed by atoms with Crippen LogP contribution >= 0.6 is 0 Å². The number of amides is 2. The van der Waals surface area contributed by atoms with Gasteiger partial charge in [0, 0.05) is 43.5 Å². The molecule has 0 radical (unpaired) electrons. The van der Waals surface area contributed by atoms with Crippen molar-refractivity contribution >= 4 is 17.5 Å². The van der Waals surface area contributed by atoms with Gasteiger partial charge < -0.3 is 20.3 Å². The largest absolute Gasteiger partial charge is 0.507 e. The summed E-state index contributed by atoms with van der Waals surface area (Å²) < 4.78 is 3.25. The Kier molecular flexibility index (Phi) is 7.22. The number of carbonyl (C=O) groups is 2. The quantitative estimate of drug-likeness (QED) is 0.285.